The fourth-order valence-corrected chi connectivity index (χ4v) is 2.67. The van der Waals surface area contributed by atoms with Gasteiger partial charge in [0.2, 0.25) is 0 Å². The first kappa shape index (κ1) is 13.5. The number of aromatic nitrogens is 1. The van der Waals surface area contributed by atoms with Crippen LogP contribution in [0.25, 0.3) is 5.52 Å². The van der Waals surface area contributed by atoms with E-state index in [2.05, 4.69) is 38.5 Å². The number of hydrogen-bond donors (Lipinski definition) is 0. The Morgan fingerprint density at radius 2 is 2.22 bits per heavy atom. The van der Waals surface area contributed by atoms with Crippen LogP contribution in [0.5, 0.6) is 0 Å². The molecule has 0 N–H and O–H groups in total. The summed E-state index contributed by atoms with van der Waals surface area (Å²) in [7, 11) is 0. The summed E-state index contributed by atoms with van der Waals surface area (Å²) in [6.45, 7) is 1.95. The standard InChI is InChI=1S/C12H9BrINO3/c1-2-18-12(17)8-5-9(14)10-4-3-7(13)6-15(10)11(8)16/h3-6H,2H2,1H3. The van der Waals surface area contributed by atoms with Gasteiger partial charge in [0.25, 0.3) is 5.56 Å². The van der Waals surface area contributed by atoms with Crippen molar-refractivity contribution < 1.29 is 9.53 Å². The van der Waals surface area contributed by atoms with E-state index >= 15 is 0 Å². The second-order valence-corrected chi connectivity index (χ2v) is 5.61. The van der Waals surface area contributed by atoms with Crippen LogP contribution >= 0.6 is 38.5 Å². The highest BCUT2D eigenvalue weighted by Gasteiger charge is 2.15. The minimum Gasteiger partial charge on any atom is -0.462 e. The number of esters is 1. The van der Waals surface area contributed by atoms with Crippen LogP contribution in [0.15, 0.2) is 33.7 Å². The molecule has 0 radical (unpaired) electrons. The Kier molecular flexibility index (Phi) is 4.06. The summed E-state index contributed by atoms with van der Waals surface area (Å²) in [5.74, 6) is -0.588. The van der Waals surface area contributed by atoms with Crippen LogP contribution in [0.1, 0.15) is 17.3 Å². The molecule has 0 amide bonds. The van der Waals surface area contributed by atoms with E-state index in [0.29, 0.717) is 0 Å². The molecule has 0 bridgehead atoms. The minimum atomic E-state index is -0.588. The zero-order valence-electron chi connectivity index (χ0n) is 9.44. The summed E-state index contributed by atoms with van der Waals surface area (Å²) in [5, 5.41) is 0. The van der Waals surface area contributed by atoms with Crippen LogP contribution in [0.2, 0.25) is 0 Å². The fraction of sp³-hybridized carbons (Fsp3) is 0.167. The molecular formula is C12H9BrINO3. The van der Waals surface area contributed by atoms with Crippen molar-refractivity contribution in [1.82, 2.24) is 4.40 Å². The summed E-state index contributed by atoms with van der Waals surface area (Å²) in [4.78, 5) is 23.9. The van der Waals surface area contributed by atoms with Gasteiger partial charge in [0.15, 0.2) is 0 Å². The highest BCUT2D eigenvalue weighted by atomic mass is 127. The van der Waals surface area contributed by atoms with Crippen LogP contribution in [0, 0.1) is 3.57 Å². The first-order valence-corrected chi connectivity index (χ1v) is 7.09. The first-order chi connectivity index (χ1) is 8.54. The first-order valence-electron chi connectivity index (χ1n) is 5.22. The number of pyridine rings is 2. The van der Waals surface area contributed by atoms with E-state index in [1.807, 2.05) is 12.1 Å². The third-order valence-electron chi connectivity index (χ3n) is 2.37. The maximum Gasteiger partial charge on any atom is 0.343 e. The van der Waals surface area contributed by atoms with Gasteiger partial charge in [-0.25, -0.2) is 4.79 Å². The molecular weight excluding hydrogens is 413 g/mol. The zero-order valence-corrected chi connectivity index (χ0v) is 13.2. The van der Waals surface area contributed by atoms with Crippen LogP contribution in [0.3, 0.4) is 0 Å². The summed E-state index contributed by atoms with van der Waals surface area (Å²) < 4.78 is 7.91. The van der Waals surface area contributed by atoms with Crippen molar-refractivity contribution in [3.05, 3.63) is 48.4 Å². The van der Waals surface area contributed by atoms with Gasteiger partial charge in [-0.15, -0.1) is 0 Å². The Morgan fingerprint density at radius 3 is 2.89 bits per heavy atom. The SMILES string of the molecule is CCOC(=O)c1cc(I)c2ccc(Br)cn2c1=O. The second-order valence-electron chi connectivity index (χ2n) is 3.53. The lowest BCUT2D eigenvalue weighted by atomic mass is 10.2. The van der Waals surface area contributed by atoms with Gasteiger partial charge in [-0.05, 0) is 63.6 Å². The number of carbonyl (C=O) groups is 1. The average molecular weight is 422 g/mol. The minimum absolute atomic E-state index is 0.0526. The van der Waals surface area contributed by atoms with Gasteiger partial charge >= 0.3 is 5.97 Å². The van der Waals surface area contributed by atoms with Gasteiger partial charge in [-0.3, -0.25) is 9.20 Å². The lowest BCUT2D eigenvalue weighted by molar-refractivity contribution is 0.0524. The fourth-order valence-electron chi connectivity index (χ4n) is 1.58. The summed E-state index contributed by atoms with van der Waals surface area (Å²) in [6.07, 6.45) is 1.64. The maximum absolute atomic E-state index is 12.2. The summed E-state index contributed by atoms with van der Waals surface area (Å²) >= 11 is 5.40. The van der Waals surface area contributed by atoms with Crippen molar-refractivity contribution in [2.24, 2.45) is 0 Å². The summed E-state index contributed by atoms with van der Waals surface area (Å²) in [6, 6.07) is 5.23. The van der Waals surface area contributed by atoms with E-state index in [1.54, 1.807) is 19.2 Å². The van der Waals surface area contributed by atoms with E-state index < -0.39 is 5.97 Å². The molecule has 0 aromatic carbocycles. The molecule has 94 valence electrons. The van der Waals surface area contributed by atoms with Crippen molar-refractivity contribution in [2.45, 2.75) is 6.92 Å². The van der Waals surface area contributed by atoms with Gasteiger partial charge in [-0.1, -0.05) is 0 Å². The van der Waals surface area contributed by atoms with Crippen molar-refractivity contribution in [3.8, 4) is 0 Å². The number of nitrogens with zero attached hydrogens (tertiary/aromatic N) is 1. The largest absolute Gasteiger partial charge is 0.462 e. The Hall–Kier alpha value is -0.890. The molecule has 0 aliphatic rings. The molecule has 2 heterocycles. The van der Waals surface area contributed by atoms with E-state index in [9.17, 15) is 9.59 Å². The number of rotatable bonds is 2. The molecule has 0 aliphatic heterocycles. The molecule has 18 heavy (non-hydrogen) atoms. The molecule has 0 saturated carbocycles. The highest BCUT2D eigenvalue weighted by molar-refractivity contribution is 14.1. The molecule has 2 aromatic heterocycles. The molecule has 0 saturated heterocycles. The normalized spacial score (nSPS) is 10.6. The van der Waals surface area contributed by atoms with Crippen LogP contribution < -0.4 is 5.56 Å². The van der Waals surface area contributed by atoms with Gasteiger partial charge in [-0.2, -0.15) is 0 Å². The Balaban J connectivity index is 2.75. The Labute approximate surface area is 125 Å². The Bertz CT molecular complexity index is 681. The molecule has 0 spiro atoms. The van der Waals surface area contributed by atoms with Crippen LogP contribution in [-0.2, 0) is 4.74 Å². The lowest BCUT2D eigenvalue weighted by Crippen LogP contribution is -2.24. The van der Waals surface area contributed by atoms with E-state index in [0.717, 1.165) is 13.6 Å². The predicted molar refractivity (Wildman–Crippen MR) is 80.0 cm³/mol. The van der Waals surface area contributed by atoms with E-state index in [-0.39, 0.29) is 17.7 Å². The van der Waals surface area contributed by atoms with Crippen LogP contribution in [-0.4, -0.2) is 17.0 Å². The van der Waals surface area contributed by atoms with Crippen molar-refractivity contribution in [2.75, 3.05) is 6.61 Å². The van der Waals surface area contributed by atoms with Crippen molar-refractivity contribution >= 4 is 50.0 Å². The van der Waals surface area contributed by atoms with Gasteiger partial charge in [0.1, 0.15) is 5.56 Å². The zero-order chi connectivity index (χ0) is 13.3. The quantitative estimate of drug-likeness (QED) is 0.553. The van der Waals surface area contributed by atoms with Gasteiger partial charge < -0.3 is 4.74 Å². The summed E-state index contributed by atoms with van der Waals surface area (Å²) in [5.41, 5.74) is 0.443. The third kappa shape index (κ3) is 2.44. The average Bonchev–Trinajstić information content (AvgIpc) is 2.33. The third-order valence-corrected chi connectivity index (χ3v) is 3.71. The number of ether oxygens (including phenoxy) is 1. The monoisotopic (exact) mass is 421 g/mol. The Morgan fingerprint density at radius 1 is 1.50 bits per heavy atom. The van der Waals surface area contributed by atoms with Gasteiger partial charge in [0.05, 0.1) is 12.1 Å². The molecule has 4 nitrogen and oxygen atoms in total. The van der Waals surface area contributed by atoms with Crippen molar-refractivity contribution in [3.63, 3.8) is 0 Å². The van der Waals surface area contributed by atoms with Gasteiger partial charge in [0, 0.05) is 14.2 Å². The number of halogens is 2. The van der Waals surface area contributed by atoms with E-state index in [4.69, 9.17) is 4.74 Å². The predicted octanol–water partition coefficient (Wildman–Crippen LogP) is 2.84. The molecule has 0 aliphatic carbocycles. The molecule has 0 fully saturated rings. The topological polar surface area (TPSA) is 47.8 Å². The van der Waals surface area contributed by atoms with E-state index in [1.165, 1.54) is 4.40 Å². The highest BCUT2D eigenvalue weighted by Crippen LogP contribution is 2.17. The number of hydrogen-bond acceptors (Lipinski definition) is 3. The molecule has 0 unspecified atom stereocenters. The van der Waals surface area contributed by atoms with Crippen molar-refractivity contribution in [1.29, 1.82) is 0 Å². The molecule has 6 heteroatoms. The maximum atomic E-state index is 12.2. The lowest BCUT2D eigenvalue weighted by Gasteiger charge is -2.07. The molecule has 2 aromatic rings. The number of fused-ring (bicyclic) bond motifs is 1. The smallest absolute Gasteiger partial charge is 0.343 e. The molecule has 0 atom stereocenters. The number of carbonyl (C=O) groups excluding carboxylic acids is 1. The molecule has 2 rings (SSSR count). The second kappa shape index (κ2) is 5.40. The van der Waals surface area contributed by atoms with Crippen LogP contribution in [0.4, 0.5) is 0 Å².